The van der Waals surface area contributed by atoms with Crippen molar-refractivity contribution in [1.82, 2.24) is 10.6 Å². The van der Waals surface area contributed by atoms with Crippen molar-refractivity contribution in [2.24, 2.45) is 10.9 Å². The van der Waals surface area contributed by atoms with Crippen molar-refractivity contribution >= 4 is 29.9 Å². The minimum atomic E-state index is 0. The average molecular weight is 465 g/mol. The molecular formula is C18H32IN3O3. The van der Waals surface area contributed by atoms with Crippen LogP contribution in [0.3, 0.4) is 0 Å². The molecule has 0 spiro atoms. The quantitative estimate of drug-likeness (QED) is 0.214. The summed E-state index contributed by atoms with van der Waals surface area (Å²) in [6.07, 6.45) is 0.918. The Morgan fingerprint density at radius 1 is 1.28 bits per heavy atom. The molecule has 0 aliphatic heterocycles. The molecule has 0 unspecified atom stereocenters. The third-order valence-electron chi connectivity index (χ3n) is 3.26. The molecule has 0 fully saturated rings. The maximum absolute atomic E-state index is 10.1. The van der Waals surface area contributed by atoms with Crippen LogP contribution in [0, 0.1) is 5.92 Å². The smallest absolute Gasteiger partial charge is 0.191 e. The molecule has 7 heteroatoms. The molecule has 0 aliphatic carbocycles. The molecule has 0 saturated heterocycles. The molecule has 0 amide bonds. The number of rotatable bonds is 10. The Morgan fingerprint density at radius 2 is 2.04 bits per heavy atom. The van der Waals surface area contributed by atoms with E-state index in [-0.39, 0.29) is 29.7 Å². The van der Waals surface area contributed by atoms with Crippen LogP contribution in [-0.4, -0.2) is 44.5 Å². The molecule has 6 nitrogen and oxygen atoms in total. The number of phenolic OH excluding ortho intramolecular Hbond substituents is 1. The van der Waals surface area contributed by atoms with E-state index in [1.807, 2.05) is 19.1 Å². The van der Waals surface area contributed by atoms with Crippen molar-refractivity contribution in [1.29, 1.82) is 0 Å². The van der Waals surface area contributed by atoms with Crippen molar-refractivity contribution < 1.29 is 14.6 Å². The van der Waals surface area contributed by atoms with Gasteiger partial charge in [-0.15, -0.1) is 24.0 Å². The summed E-state index contributed by atoms with van der Waals surface area (Å²) in [6.45, 7) is 9.77. The summed E-state index contributed by atoms with van der Waals surface area (Å²) in [4.78, 5) is 4.50. The zero-order valence-corrected chi connectivity index (χ0v) is 18.0. The highest BCUT2D eigenvalue weighted by molar-refractivity contribution is 14.0. The lowest BCUT2D eigenvalue weighted by Crippen LogP contribution is -2.38. The molecule has 144 valence electrons. The average Bonchev–Trinajstić information content (AvgIpc) is 2.56. The van der Waals surface area contributed by atoms with Gasteiger partial charge in [0.2, 0.25) is 0 Å². The number of hydrogen-bond acceptors (Lipinski definition) is 4. The van der Waals surface area contributed by atoms with Gasteiger partial charge in [-0.1, -0.05) is 26.0 Å². The fourth-order valence-electron chi connectivity index (χ4n) is 2.07. The molecule has 3 N–H and O–H groups in total. The van der Waals surface area contributed by atoms with Gasteiger partial charge < -0.3 is 25.2 Å². The number of nitrogens with one attached hydrogen (secondary N) is 2. The predicted molar refractivity (Wildman–Crippen MR) is 113 cm³/mol. The summed E-state index contributed by atoms with van der Waals surface area (Å²) in [5.41, 5.74) is 0.729. The van der Waals surface area contributed by atoms with E-state index in [1.165, 1.54) is 7.11 Å². The number of hydrogen-bond donors (Lipinski definition) is 3. The van der Waals surface area contributed by atoms with Crippen molar-refractivity contribution in [3.8, 4) is 11.5 Å². The number of guanidine groups is 1. The third-order valence-corrected chi connectivity index (χ3v) is 3.26. The van der Waals surface area contributed by atoms with Gasteiger partial charge in [0.1, 0.15) is 0 Å². The number of aliphatic imine (C=N–C) groups is 1. The van der Waals surface area contributed by atoms with Crippen LogP contribution in [-0.2, 0) is 11.3 Å². The van der Waals surface area contributed by atoms with E-state index in [0.29, 0.717) is 18.2 Å². The highest BCUT2D eigenvalue weighted by Crippen LogP contribution is 2.29. The normalized spacial score (nSPS) is 11.2. The first-order valence-electron chi connectivity index (χ1n) is 8.53. The fourth-order valence-corrected chi connectivity index (χ4v) is 2.07. The van der Waals surface area contributed by atoms with Gasteiger partial charge in [0.05, 0.1) is 13.7 Å². The maximum atomic E-state index is 10.1. The Labute approximate surface area is 168 Å². The predicted octanol–water partition coefficient (Wildman–Crippen LogP) is 3.14. The first-order chi connectivity index (χ1) is 11.6. The van der Waals surface area contributed by atoms with Crippen LogP contribution in [0.5, 0.6) is 11.5 Å². The minimum absolute atomic E-state index is 0. The Morgan fingerprint density at radius 3 is 2.68 bits per heavy atom. The number of benzene rings is 1. The summed E-state index contributed by atoms with van der Waals surface area (Å²) >= 11 is 0. The van der Waals surface area contributed by atoms with Crippen molar-refractivity contribution in [2.75, 3.05) is 33.4 Å². The summed E-state index contributed by atoms with van der Waals surface area (Å²) < 4.78 is 10.7. The molecule has 0 aromatic heterocycles. The van der Waals surface area contributed by atoms with Crippen LogP contribution in [0.2, 0.25) is 0 Å². The second kappa shape index (κ2) is 14.0. The first-order valence-corrected chi connectivity index (χ1v) is 8.53. The molecule has 0 aliphatic rings. The van der Waals surface area contributed by atoms with E-state index in [2.05, 4.69) is 29.5 Å². The fraction of sp³-hybridized carbons (Fsp3) is 0.611. The van der Waals surface area contributed by atoms with Crippen molar-refractivity contribution in [2.45, 2.75) is 33.7 Å². The topological polar surface area (TPSA) is 75.1 Å². The molecule has 1 aromatic rings. The number of aromatic hydroxyl groups is 1. The molecule has 1 rings (SSSR count). The standard InChI is InChI=1S/C18H31N3O3.HI/c1-5-19-18(20-10-7-11-24-13-14(2)3)21-12-15-8-6-9-16(23-4)17(15)22;/h6,8-9,14,22H,5,7,10-13H2,1-4H3,(H2,19,20,21);1H. The van der Waals surface area contributed by atoms with Crippen LogP contribution in [0.4, 0.5) is 0 Å². The van der Waals surface area contributed by atoms with Gasteiger partial charge in [0.15, 0.2) is 17.5 Å². The first kappa shape index (κ1) is 23.8. The van der Waals surface area contributed by atoms with E-state index in [9.17, 15) is 5.11 Å². The van der Waals surface area contributed by atoms with Crippen molar-refractivity contribution in [3.63, 3.8) is 0 Å². The second-order valence-electron chi connectivity index (χ2n) is 5.91. The van der Waals surface area contributed by atoms with Crippen molar-refractivity contribution in [3.05, 3.63) is 23.8 Å². The molecule has 0 radical (unpaired) electrons. The molecule has 25 heavy (non-hydrogen) atoms. The van der Waals surface area contributed by atoms with E-state index < -0.39 is 0 Å². The van der Waals surface area contributed by atoms with E-state index in [4.69, 9.17) is 9.47 Å². The number of nitrogens with zero attached hydrogens (tertiary/aromatic N) is 1. The SMILES string of the molecule is CCNC(=NCc1cccc(OC)c1O)NCCCOCC(C)C.I. The largest absolute Gasteiger partial charge is 0.504 e. The lowest BCUT2D eigenvalue weighted by Gasteiger charge is -2.12. The van der Waals surface area contributed by atoms with Crippen LogP contribution >= 0.6 is 24.0 Å². The third kappa shape index (κ3) is 9.74. The highest BCUT2D eigenvalue weighted by atomic mass is 127. The van der Waals surface area contributed by atoms with Crippen LogP contribution in [0.15, 0.2) is 23.2 Å². The lowest BCUT2D eigenvalue weighted by atomic mass is 10.2. The van der Waals surface area contributed by atoms with Crippen LogP contribution in [0.1, 0.15) is 32.8 Å². The molecular weight excluding hydrogens is 433 g/mol. The number of phenols is 1. The summed E-state index contributed by atoms with van der Waals surface area (Å²) in [5, 5.41) is 16.6. The Kier molecular flexibility index (Phi) is 13.3. The van der Waals surface area contributed by atoms with Gasteiger partial charge in [-0.3, -0.25) is 0 Å². The number of para-hydroxylation sites is 1. The number of ether oxygens (including phenoxy) is 2. The Hall–Kier alpha value is -1.22. The molecule has 0 saturated carbocycles. The Bertz CT molecular complexity index is 510. The molecule has 0 heterocycles. The lowest BCUT2D eigenvalue weighted by molar-refractivity contribution is 0.108. The van der Waals surface area contributed by atoms with E-state index in [1.54, 1.807) is 6.07 Å². The summed E-state index contributed by atoms with van der Waals surface area (Å²) in [7, 11) is 1.54. The van der Waals surface area contributed by atoms with Gasteiger partial charge >= 0.3 is 0 Å². The Balaban J connectivity index is 0.00000576. The molecule has 1 aromatic carbocycles. The molecule has 0 atom stereocenters. The van der Waals surface area contributed by atoms with E-state index >= 15 is 0 Å². The minimum Gasteiger partial charge on any atom is -0.504 e. The zero-order valence-electron chi connectivity index (χ0n) is 15.7. The monoisotopic (exact) mass is 465 g/mol. The second-order valence-corrected chi connectivity index (χ2v) is 5.91. The van der Waals surface area contributed by atoms with Crippen LogP contribution in [0.25, 0.3) is 0 Å². The summed E-state index contributed by atoms with van der Waals surface area (Å²) in [6, 6.07) is 5.41. The molecule has 0 bridgehead atoms. The highest BCUT2D eigenvalue weighted by Gasteiger charge is 2.07. The van der Waals surface area contributed by atoms with Gasteiger partial charge in [0.25, 0.3) is 0 Å². The maximum Gasteiger partial charge on any atom is 0.191 e. The van der Waals surface area contributed by atoms with Gasteiger partial charge in [-0.25, -0.2) is 4.99 Å². The van der Waals surface area contributed by atoms with Gasteiger partial charge in [-0.05, 0) is 25.3 Å². The number of halogens is 1. The van der Waals surface area contributed by atoms with Gasteiger partial charge in [0, 0.05) is 31.9 Å². The summed E-state index contributed by atoms with van der Waals surface area (Å²) in [5.74, 6) is 1.89. The van der Waals surface area contributed by atoms with E-state index in [0.717, 1.165) is 44.2 Å². The number of methoxy groups -OCH3 is 1. The van der Waals surface area contributed by atoms with Crippen LogP contribution < -0.4 is 15.4 Å². The van der Waals surface area contributed by atoms with Gasteiger partial charge in [-0.2, -0.15) is 0 Å². The zero-order chi connectivity index (χ0) is 17.8.